The van der Waals surface area contributed by atoms with Gasteiger partial charge in [-0.15, -0.1) is 0 Å². The second-order valence-corrected chi connectivity index (χ2v) is 9.03. The van der Waals surface area contributed by atoms with E-state index in [4.69, 9.17) is 5.26 Å². The number of likely N-dealkylation sites (N-methyl/N-ethyl adjacent to an activating group) is 1. The number of nitrogens with one attached hydrogen (secondary N) is 2. The number of aromatic nitrogens is 1. The van der Waals surface area contributed by atoms with E-state index in [1.54, 1.807) is 17.2 Å². The zero-order valence-electron chi connectivity index (χ0n) is 19.9. The molecule has 0 spiro atoms. The Bertz CT molecular complexity index is 1200. The highest BCUT2D eigenvalue weighted by molar-refractivity contribution is 5.94. The minimum Gasteiger partial charge on any atom is -0.345 e. The summed E-state index contributed by atoms with van der Waals surface area (Å²) in [5, 5.41) is 15.3. The van der Waals surface area contributed by atoms with Gasteiger partial charge in [-0.25, -0.2) is 4.98 Å². The average Bonchev–Trinajstić information content (AvgIpc) is 3.23. The number of amides is 2. The van der Waals surface area contributed by atoms with Crippen molar-refractivity contribution >= 4 is 17.6 Å². The van der Waals surface area contributed by atoms with E-state index in [9.17, 15) is 9.59 Å². The molecular formula is C28H29N5O2. The van der Waals surface area contributed by atoms with Gasteiger partial charge in [0.05, 0.1) is 11.6 Å². The first-order valence-corrected chi connectivity index (χ1v) is 11.7. The van der Waals surface area contributed by atoms with Gasteiger partial charge in [0.25, 0.3) is 0 Å². The van der Waals surface area contributed by atoms with Crippen molar-refractivity contribution < 1.29 is 9.59 Å². The van der Waals surface area contributed by atoms with Crippen LogP contribution in [0.25, 0.3) is 0 Å². The molecule has 1 aliphatic rings. The van der Waals surface area contributed by atoms with E-state index in [-0.39, 0.29) is 23.7 Å². The molecule has 7 heteroatoms. The highest BCUT2D eigenvalue weighted by Gasteiger charge is 2.28. The fourth-order valence-corrected chi connectivity index (χ4v) is 4.31. The highest BCUT2D eigenvalue weighted by Crippen LogP contribution is 2.27. The van der Waals surface area contributed by atoms with Crippen LogP contribution in [-0.2, 0) is 9.59 Å². The van der Waals surface area contributed by atoms with Gasteiger partial charge in [0, 0.05) is 38.7 Å². The molecule has 2 heterocycles. The molecule has 1 saturated heterocycles. The summed E-state index contributed by atoms with van der Waals surface area (Å²) in [5.74, 6) is 0.691. The molecule has 1 fully saturated rings. The van der Waals surface area contributed by atoms with Crippen molar-refractivity contribution in [2.24, 2.45) is 0 Å². The molecular weight excluding hydrogens is 438 g/mol. The van der Waals surface area contributed by atoms with Gasteiger partial charge < -0.3 is 15.5 Å². The highest BCUT2D eigenvalue weighted by atomic mass is 16.2. The van der Waals surface area contributed by atoms with Crippen LogP contribution in [0.1, 0.15) is 53.5 Å². The molecule has 2 unspecified atom stereocenters. The molecule has 3 aromatic rings. The third-order valence-electron chi connectivity index (χ3n) is 6.48. The Morgan fingerprint density at radius 1 is 1.11 bits per heavy atom. The van der Waals surface area contributed by atoms with Crippen molar-refractivity contribution in [3.63, 3.8) is 0 Å². The van der Waals surface area contributed by atoms with Crippen molar-refractivity contribution in [3.05, 3.63) is 95.2 Å². The average molecular weight is 468 g/mol. The number of carbonyl (C=O) groups is 2. The Kier molecular flexibility index (Phi) is 7.54. The SMILES string of the molecule is C[C@H](CNC(C(=O)Nc1ccc(C2CC(=O)N(C)C2)cn1)c1ccccc1)c1ccc(C#N)cc1. The normalized spacial score (nSPS) is 17.0. The first kappa shape index (κ1) is 24.1. The molecule has 4 rings (SSSR count). The number of rotatable bonds is 8. The molecule has 2 N–H and O–H groups in total. The van der Waals surface area contributed by atoms with Crippen LogP contribution in [0.5, 0.6) is 0 Å². The van der Waals surface area contributed by atoms with Crippen molar-refractivity contribution in [2.75, 3.05) is 25.5 Å². The molecule has 3 atom stereocenters. The number of likely N-dealkylation sites (tertiary alicyclic amines) is 1. The largest absolute Gasteiger partial charge is 0.345 e. The summed E-state index contributed by atoms with van der Waals surface area (Å²) in [7, 11) is 1.81. The summed E-state index contributed by atoms with van der Waals surface area (Å²) in [5.41, 5.74) is 3.58. The van der Waals surface area contributed by atoms with Crippen LogP contribution in [0.3, 0.4) is 0 Å². The maximum absolute atomic E-state index is 13.3. The quantitative estimate of drug-likeness (QED) is 0.522. The van der Waals surface area contributed by atoms with Crippen LogP contribution in [0, 0.1) is 11.3 Å². The second kappa shape index (κ2) is 10.9. The summed E-state index contributed by atoms with van der Waals surface area (Å²) >= 11 is 0. The van der Waals surface area contributed by atoms with E-state index in [1.807, 2.05) is 67.7 Å². The molecule has 0 aliphatic carbocycles. The first-order valence-electron chi connectivity index (χ1n) is 11.7. The third kappa shape index (κ3) is 5.92. The topological polar surface area (TPSA) is 98.1 Å². The Labute approximate surface area is 205 Å². The summed E-state index contributed by atoms with van der Waals surface area (Å²) in [6.45, 7) is 3.35. The van der Waals surface area contributed by atoms with Gasteiger partial charge in [-0.1, -0.05) is 55.5 Å². The zero-order valence-corrected chi connectivity index (χ0v) is 19.9. The molecule has 178 valence electrons. The van der Waals surface area contributed by atoms with Crippen LogP contribution in [0.4, 0.5) is 5.82 Å². The summed E-state index contributed by atoms with van der Waals surface area (Å²) in [6, 6.07) is 22.4. The summed E-state index contributed by atoms with van der Waals surface area (Å²) < 4.78 is 0. The van der Waals surface area contributed by atoms with Gasteiger partial charge in [-0.3, -0.25) is 9.59 Å². The van der Waals surface area contributed by atoms with E-state index in [0.29, 0.717) is 30.9 Å². The van der Waals surface area contributed by atoms with E-state index in [1.165, 1.54) is 0 Å². The van der Waals surface area contributed by atoms with Crippen LogP contribution < -0.4 is 10.6 Å². The number of benzene rings is 2. The molecule has 2 amide bonds. The lowest BCUT2D eigenvalue weighted by molar-refractivity contribution is -0.126. The zero-order chi connectivity index (χ0) is 24.8. The second-order valence-electron chi connectivity index (χ2n) is 9.03. The molecule has 0 saturated carbocycles. The van der Waals surface area contributed by atoms with Gasteiger partial charge in [0.15, 0.2) is 0 Å². The van der Waals surface area contributed by atoms with Gasteiger partial charge in [-0.2, -0.15) is 5.26 Å². The Hall–Kier alpha value is -4.02. The molecule has 1 aliphatic heterocycles. The molecule has 1 aromatic heterocycles. The van der Waals surface area contributed by atoms with Crippen LogP contribution >= 0.6 is 0 Å². The van der Waals surface area contributed by atoms with Crippen molar-refractivity contribution in [1.29, 1.82) is 5.26 Å². The molecule has 7 nitrogen and oxygen atoms in total. The molecule has 0 bridgehead atoms. The van der Waals surface area contributed by atoms with Crippen LogP contribution in [-0.4, -0.2) is 41.8 Å². The molecule has 0 radical (unpaired) electrons. The van der Waals surface area contributed by atoms with Crippen LogP contribution in [0.2, 0.25) is 0 Å². The van der Waals surface area contributed by atoms with E-state index in [2.05, 4.69) is 28.6 Å². The van der Waals surface area contributed by atoms with Crippen molar-refractivity contribution in [1.82, 2.24) is 15.2 Å². The lowest BCUT2D eigenvalue weighted by atomic mass is 9.98. The number of nitriles is 1. The predicted molar refractivity (Wildman–Crippen MR) is 135 cm³/mol. The van der Waals surface area contributed by atoms with Crippen LogP contribution in [0.15, 0.2) is 72.9 Å². The van der Waals surface area contributed by atoms with Gasteiger partial charge >= 0.3 is 0 Å². The predicted octanol–water partition coefficient (Wildman–Crippen LogP) is 3.97. The van der Waals surface area contributed by atoms with E-state index in [0.717, 1.165) is 16.7 Å². The molecule has 2 aromatic carbocycles. The van der Waals surface area contributed by atoms with Gasteiger partial charge in [-0.05, 0) is 40.8 Å². The van der Waals surface area contributed by atoms with E-state index >= 15 is 0 Å². The fraction of sp³-hybridized carbons (Fsp3) is 0.286. The Morgan fingerprint density at radius 3 is 2.46 bits per heavy atom. The van der Waals surface area contributed by atoms with Crippen molar-refractivity contribution in [3.8, 4) is 6.07 Å². The number of pyridine rings is 1. The Morgan fingerprint density at radius 2 is 1.86 bits per heavy atom. The summed E-state index contributed by atoms with van der Waals surface area (Å²) in [6.07, 6.45) is 2.23. The summed E-state index contributed by atoms with van der Waals surface area (Å²) in [4.78, 5) is 31.3. The maximum atomic E-state index is 13.3. The standard InChI is InChI=1S/C28H29N5O2/c1-19(21-10-8-20(15-29)9-11-21)16-31-27(22-6-4-3-5-7-22)28(35)32-25-13-12-23(17-30-25)24-14-26(34)33(2)18-24/h3-13,17,19,24,27,31H,14,16,18H2,1-2H3,(H,30,32,35)/t19-,24?,27?/m1/s1. The maximum Gasteiger partial charge on any atom is 0.247 e. The Balaban J connectivity index is 1.43. The fourth-order valence-electron chi connectivity index (χ4n) is 4.31. The molecule has 35 heavy (non-hydrogen) atoms. The minimum absolute atomic E-state index is 0.132. The lowest BCUT2D eigenvalue weighted by Gasteiger charge is -2.21. The number of nitrogens with zero attached hydrogens (tertiary/aromatic N) is 3. The van der Waals surface area contributed by atoms with Gasteiger partial charge in [0.2, 0.25) is 11.8 Å². The first-order chi connectivity index (χ1) is 16.9. The monoisotopic (exact) mass is 467 g/mol. The number of anilines is 1. The minimum atomic E-state index is -0.556. The van der Waals surface area contributed by atoms with Crippen molar-refractivity contribution in [2.45, 2.75) is 31.2 Å². The lowest BCUT2D eigenvalue weighted by Crippen LogP contribution is -2.35. The number of hydrogen-bond donors (Lipinski definition) is 2. The third-order valence-corrected chi connectivity index (χ3v) is 6.48. The van der Waals surface area contributed by atoms with E-state index < -0.39 is 6.04 Å². The number of carbonyl (C=O) groups excluding carboxylic acids is 2. The smallest absolute Gasteiger partial charge is 0.247 e. The van der Waals surface area contributed by atoms with Gasteiger partial charge in [0.1, 0.15) is 11.9 Å². The number of hydrogen-bond acceptors (Lipinski definition) is 5.